The van der Waals surface area contributed by atoms with E-state index < -0.39 is 0 Å². The van der Waals surface area contributed by atoms with Crippen molar-refractivity contribution < 1.29 is 0 Å². The van der Waals surface area contributed by atoms with E-state index in [2.05, 4.69) is 44.4 Å². The molecule has 1 nitrogen and oxygen atoms in total. The summed E-state index contributed by atoms with van der Waals surface area (Å²) in [6.45, 7) is 12.8. The van der Waals surface area contributed by atoms with Gasteiger partial charge in [0.05, 0.1) is 6.54 Å². The predicted molar refractivity (Wildman–Crippen MR) is 55.1 cm³/mol. The van der Waals surface area contributed by atoms with Crippen molar-refractivity contribution in [3.8, 4) is 11.8 Å². The quantitative estimate of drug-likeness (QED) is 0.584. The lowest BCUT2D eigenvalue weighted by Gasteiger charge is -2.33. The van der Waals surface area contributed by atoms with Crippen LogP contribution in [-0.2, 0) is 0 Å². The Morgan fingerprint density at radius 3 is 2.17 bits per heavy atom. The van der Waals surface area contributed by atoms with Crippen molar-refractivity contribution in [2.24, 2.45) is 0 Å². The Bertz CT molecular complexity index is 166. The van der Waals surface area contributed by atoms with E-state index in [1.807, 2.05) is 6.92 Å². The largest absolute Gasteiger partial charge is 0.287 e. The Balaban J connectivity index is 4.10. The maximum atomic E-state index is 3.12. The summed E-state index contributed by atoms with van der Waals surface area (Å²) in [6, 6.07) is 0. The molecule has 70 valence electrons. The minimum Gasteiger partial charge on any atom is -0.287 e. The molecule has 0 amide bonds. The van der Waals surface area contributed by atoms with Gasteiger partial charge in [0, 0.05) is 5.54 Å². The molecule has 1 heteroatoms. The summed E-state index contributed by atoms with van der Waals surface area (Å²) in [4.78, 5) is 2.41. The first-order valence-electron chi connectivity index (χ1n) is 4.67. The third-order valence-corrected chi connectivity index (χ3v) is 1.89. The Labute approximate surface area is 77.1 Å². The molecule has 0 aliphatic carbocycles. The van der Waals surface area contributed by atoms with Crippen LogP contribution in [0.5, 0.6) is 0 Å². The molecule has 12 heavy (non-hydrogen) atoms. The van der Waals surface area contributed by atoms with Crippen LogP contribution in [0.1, 0.15) is 41.0 Å². The summed E-state index contributed by atoms with van der Waals surface area (Å²) < 4.78 is 0. The molecule has 0 unspecified atom stereocenters. The van der Waals surface area contributed by atoms with Gasteiger partial charge >= 0.3 is 0 Å². The van der Waals surface area contributed by atoms with E-state index in [1.165, 1.54) is 6.42 Å². The summed E-state index contributed by atoms with van der Waals surface area (Å²) in [6.07, 6.45) is 1.20. The van der Waals surface area contributed by atoms with Gasteiger partial charge in [-0.05, 0) is 40.7 Å². The van der Waals surface area contributed by atoms with Gasteiger partial charge in [-0.15, -0.1) is 5.92 Å². The van der Waals surface area contributed by atoms with Gasteiger partial charge in [-0.2, -0.15) is 0 Å². The summed E-state index contributed by atoms with van der Waals surface area (Å²) in [5, 5.41) is 0. The topological polar surface area (TPSA) is 3.24 Å². The Morgan fingerprint density at radius 2 is 1.83 bits per heavy atom. The first-order valence-corrected chi connectivity index (χ1v) is 4.67. The molecule has 0 aromatic heterocycles. The molecule has 0 aromatic carbocycles. The molecule has 0 heterocycles. The Kier molecular flexibility index (Phi) is 5.01. The average Bonchev–Trinajstić information content (AvgIpc) is 1.95. The Hall–Kier alpha value is -0.480. The smallest absolute Gasteiger partial charge is 0.0605 e. The maximum Gasteiger partial charge on any atom is 0.0605 e. The molecule has 0 atom stereocenters. The lowest BCUT2D eigenvalue weighted by atomic mass is 10.1. The molecular formula is C11H21N. The van der Waals surface area contributed by atoms with Gasteiger partial charge in [-0.3, -0.25) is 4.90 Å². The molecule has 0 aliphatic rings. The minimum atomic E-state index is 0.250. The van der Waals surface area contributed by atoms with Gasteiger partial charge in [-0.1, -0.05) is 12.8 Å². The van der Waals surface area contributed by atoms with Crippen LogP contribution in [0.2, 0.25) is 0 Å². The minimum absolute atomic E-state index is 0.250. The molecular weight excluding hydrogens is 146 g/mol. The van der Waals surface area contributed by atoms with E-state index in [0.29, 0.717) is 0 Å². The average molecular weight is 167 g/mol. The van der Waals surface area contributed by atoms with Crippen LogP contribution in [0.25, 0.3) is 0 Å². The highest BCUT2D eigenvalue weighted by molar-refractivity contribution is 4.99. The fourth-order valence-corrected chi connectivity index (χ4v) is 1.10. The predicted octanol–water partition coefficient (Wildman–Crippen LogP) is 2.52. The first kappa shape index (κ1) is 11.5. The molecule has 0 fully saturated rings. The lowest BCUT2D eigenvalue weighted by molar-refractivity contribution is 0.157. The SMILES string of the molecule is CC#CCN(CCC)C(C)(C)C. The molecule has 0 N–H and O–H groups in total. The van der Waals surface area contributed by atoms with Gasteiger partial charge in [-0.25, -0.2) is 0 Å². The zero-order valence-corrected chi connectivity index (χ0v) is 9.07. The molecule has 0 spiro atoms. The van der Waals surface area contributed by atoms with Crippen molar-refractivity contribution in [1.29, 1.82) is 0 Å². The molecule has 0 radical (unpaired) electrons. The molecule has 0 saturated carbocycles. The Morgan fingerprint density at radius 1 is 1.25 bits per heavy atom. The zero-order chi connectivity index (χ0) is 9.61. The van der Waals surface area contributed by atoms with Crippen molar-refractivity contribution in [2.75, 3.05) is 13.1 Å². The van der Waals surface area contributed by atoms with Crippen LogP contribution in [-0.4, -0.2) is 23.5 Å². The van der Waals surface area contributed by atoms with Crippen LogP contribution < -0.4 is 0 Å². The van der Waals surface area contributed by atoms with Crippen molar-refractivity contribution in [2.45, 2.75) is 46.6 Å². The molecule has 0 saturated heterocycles. The van der Waals surface area contributed by atoms with E-state index >= 15 is 0 Å². The normalized spacial score (nSPS) is 11.2. The van der Waals surface area contributed by atoms with Crippen LogP contribution >= 0.6 is 0 Å². The van der Waals surface area contributed by atoms with Crippen LogP contribution in [0.4, 0.5) is 0 Å². The molecule has 0 aromatic rings. The summed E-state index contributed by atoms with van der Waals surface area (Å²) in [7, 11) is 0. The fourth-order valence-electron chi connectivity index (χ4n) is 1.10. The molecule has 0 aliphatic heterocycles. The number of rotatable bonds is 3. The van der Waals surface area contributed by atoms with E-state index in [9.17, 15) is 0 Å². The fraction of sp³-hybridized carbons (Fsp3) is 0.818. The number of hydrogen-bond acceptors (Lipinski definition) is 1. The van der Waals surface area contributed by atoms with Gasteiger partial charge in [0.15, 0.2) is 0 Å². The van der Waals surface area contributed by atoms with Gasteiger partial charge in [0.2, 0.25) is 0 Å². The van der Waals surface area contributed by atoms with Crippen molar-refractivity contribution in [3.05, 3.63) is 0 Å². The standard InChI is InChI=1S/C11H21N/c1-6-8-10-12(9-7-2)11(3,4)5/h7,9-10H2,1-5H3. The van der Waals surface area contributed by atoms with Crippen LogP contribution in [0.15, 0.2) is 0 Å². The second-order valence-electron chi connectivity index (χ2n) is 4.02. The molecule has 0 rings (SSSR count). The second-order valence-corrected chi connectivity index (χ2v) is 4.02. The zero-order valence-electron chi connectivity index (χ0n) is 9.07. The van der Waals surface area contributed by atoms with E-state index in [4.69, 9.17) is 0 Å². The first-order chi connectivity index (χ1) is 5.52. The monoisotopic (exact) mass is 167 g/mol. The van der Waals surface area contributed by atoms with Gasteiger partial charge in [0.1, 0.15) is 0 Å². The second kappa shape index (κ2) is 5.22. The highest BCUT2D eigenvalue weighted by Gasteiger charge is 2.18. The van der Waals surface area contributed by atoms with Crippen LogP contribution in [0, 0.1) is 11.8 Å². The highest BCUT2D eigenvalue weighted by atomic mass is 15.2. The van der Waals surface area contributed by atoms with Crippen LogP contribution in [0.3, 0.4) is 0 Å². The van der Waals surface area contributed by atoms with Gasteiger partial charge < -0.3 is 0 Å². The van der Waals surface area contributed by atoms with E-state index in [-0.39, 0.29) is 5.54 Å². The number of hydrogen-bond donors (Lipinski definition) is 0. The maximum absolute atomic E-state index is 3.12. The summed E-state index contributed by atoms with van der Waals surface area (Å²) in [5.74, 6) is 6.05. The third-order valence-electron chi connectivity index (χ3n) is 1.89. The van der Waals surface area contributed by atoms with Crippen molar-refractivity contribution >= 4 is 0 Å². The third kappa shape index (κ3) is 4.41. The lowest BCUT2D eigenvalue weighted by Crippen LogP contribution is -2.42. The summed E-state index contributed by atoms with van der Waals surface area (Å²) in [5.41, 5.74) is 0.250. The van der Waals surface area contributed by atoms with Crippen molar-refractivity contribution in [1.82, 2.24) is 4.90 Å². The van der Waals surface area contributed by atoms with Crippen molar-refractivity contribution in [3.63, 3.8) is 0 Å². The molecule has 0 bridgehead atoms. The van der Waals surface area contributed by atoms with E-state index in [0.717, 1.165) is 13.1 Å². The number of nitrogens with zero attached hydrogens (tertiary/aromatic N) is 1. The highest BCUT2D eigenvalue weighted by Crippen LogP contribution is 2.12. The van der Waals surface area contributed by atoms with E-state index in [1.54, 1.807) is 0 Å². The summed E-state index contributed by atoms with van der Waals surface area (Å²) >= 11 is 0. The van der Waals surface area contributed by atoms with Gasteiger partial charge in [0.25, 0.3) is 0 Å².